The Bertz CT molecular complexity index is 604. The van der Waals surface area contributed by atoms with Gasteiger partial charge in [-0.15, -0.1) is 0 Å². The Balaban J connectivity index is 1.71. The zero-order valence-corrected chi connectivity index (χ0v) is 13.4. The third-order valence-corrected chi connectivity index (χ3v) is 4.94. The van der Waals surface area contributed by atoms with Crippen LogP contribution >= 0.6 is 0 Å². The van der Waals surface area contributed by atoms with Crippen molar-refractivity contribution in [1.29, 1.82) is 0 Å². The summed E-state index contributed by atoms with van der Waals surface area (Å²) in [4.78, 5) is 0. The highest BCUT2D eigenvalue weighted by atomic mass is 14.8. The van der Waals surface area contributed by atoms with E-state index in [1.807, 2.05) is 0 Å². The summed E-state index contributed by atoms with van der Waals surface area (Å²) in [5.74, 6) is 0.798. The van der Waals surface area contributed by atoms with Gasteiger partial charge in [-0.25, -0.2) is 0 Å². The molecule has 2 aromatic rings. The van der Waals surface area contributed by atoms with Gasteiger partial charge in [-0.3, -0.25) is 0 Å². The van der Waals surface area contributed by atoms with Crippen LogP contribution in [0.1, 0.15) is 43.4 Å². The molecule has 0 radical (unpaired) electrons. The van der Waals surface area contributed by atoms with Crippen molar-refractivity contribution in [2.24, 2.45) is 5.92 Å². The molecule has 0 heterocycles. The first-order chi connectivity index (χ1) is 10.3. The van der Waals surface area contributed by atoms with E-state index in [-0.39, 0.29) is 0 Å². The topological polar surface area (TPSA) is 12.0 Å². The minimum absolute atomic E-state index is 0.798. The Kier molecular flexibility index (Phi) is 4.60. The van der Waals surface area contributed by atoms with Crippen molar-refractivity contribution in [2.45, 2.75) is 46.0 Å². The van der Waals surface area contributed by atoms with Gasteiger partial charge in [-0.1, -0.05) is 44.2 Å². The molecule has 0 fully saturated rings. The van der Waals surface area contributed by atoms with Gasteiger partial charge >= 0.3 is 0 Å². The van der Waals surface area contributed by atoms with Gasteiger partial charge in [0, 0.05) is 0 Å². The second-order valence-corrected chi connectivity index (χ2v) is 6.51. The summed E-state index contributed by atoms with van der Waals surface area (Å²) in [6.45, 7) is 6.80. The first kappa shape index (κ1) is 14.6. The molecule has 112 valence electrons. The van der Waals surface area contributed by atoms with E-state index >= 15 is 0 Å². The van der Waals surface area contributed by atoms with Crippen LogP contribution in [0.25, 0.3) is 10.8 Å². The number of nitrogens with one attached hydrogen (secondary N) is 1. The van der Waals surface area contributed by atoms with Crippen LogP contribution in [0.15, 0.2) is 30.3 Å². The lowest BCUT2D eigenvalue weighted by Gasteiger charge is -2.13. The van der Waals surface area contributed by atoms with E-state index in [1.165, 1.54) is 37.5 Å². The van der Waals surface area contributed by atoms with Gasteiger partial charge < -0.3 is 5.32 Å². The van der Waals surface area contributed by atoms with Gasteiger partial charge in [0.2, 0.25) is 0 Å². The molecule has 1 N–H and O–H groups in total. The van der Waals surface area contributed by atoms with Crippen LogP contribution in [0.4, 0.5) is 0 Å². The number of aryl methyl sites for hydroxylation is 3. The summed E-state index contributed by atoms with van der Waals surface area (Å²) in [6.07, 6.45) is 6.26. The molecule has 0 spiro atoms. The minimum Gasteiger partial charge on any atom is -0.317 e. The van der Waals surface area contributed by atoms with Crippen molar-refractivity contribution in [3.8, 4) is 0 Å². The van der Waals surface area contributed by atoms with E-state index in [1.54, 1.807) is 22.1 Å². The monoisotopic (exact) mass is 281 g/mol. The summed E-state index contributed by atoms with van der Waals surface area (Å²) in [7, 11) is 0. The molecule has 1 heteroatoms. The first-order valence-corrected chi connectivity index (χ1v) is 8.52. The van der Waals surface area contributed by atoms with Gasteiger partial charge in [0.05, 0.1) is 0 Å². The Morgan fingerprint density at radius 3 is 2.67 bits per heavy atom. The van der Waals surface area contributed by atoms with Crippen LogP contribution in [0.3, 0.4) is 0 Å². The van der Waals surface area contributed by atoms with Gasteiger partial charge in [0.25, 0.3) is 0 Å². The van der Waals surface area contributed by atoms with E-state index in [4.69, 9.17) is 0 Å². The van der Waals surface area contributed by atoms with Crippen molar-refractivity contribution in [1.82, 2.24) is 5.32 Å². The highest BCUT2D eigenvalue weighted by molar-refractivity contribution is 5.93. The molecule has 1 nitrogen and oxygen atoms in total. The second kappa shape index (κ2) is 6.62. The minimum atomic E-state index is 0.798. The lowest BCUT2D eigenvalue weighted by atomic mass is 9.93. The quantitative estimate of drug-likeness (QED) is 0.736. The van der Waals surface area contributed by atoms with E-state index in [9.17, 15) is 0 Å². The number of benzene rings is 2. The van der Waals surface area contributed by atoms with Crippen LogP contribution in [-0.4, -0.2) is 13.1 Å². The van der Waals surface area contributed by atoms with Crippen LogP contribution in [0.5, 0.6) is 0 Å². The Morgan fingerprint density at radius 2 is 1.86 bits per heavy atom. The van der Waals surface area contributed by atoms with Gasteiger partial charge in [0.1, 0.15) is 0 Å². The summed E-state index contributed by atoms with van der Waals surface area (Å²) >= 11 is 0. The smallest absolute Gasteiger partial charge is 0.00465 e. The number of hydrogen-bond donors (Lipinski definition) is 1. The summed E-state index contributed by atoms with van der Waals surface area (Å²) in [5, 5.41) is 6.51. The maximum Gasteiger partial charge on any atom is -0.00465 e. The van der Waals surface area contributed by atoms with Gasteiger partial charge in [-0.2, -0.15) is 0 Å². The third-order valence-electron chi connectivity index (χ3n) is 4.94. The number of rotatable bonds is 7. The fraction of sp³-hybridized carbons (Fsp3) is 0.500. The van der Waals surface area contributed by atoms with Crippen LogP contribution < -0.4 is 5.32 Å². The lowest BCUT2D eigenvalue weighted by Crippen LogP contribution is -2.16. The Hall–Kier alpha value is -1.34. The molecular formula is C20H27N. The van der Waals surface area contributed by atoms with E-state index in [0.717, 1.165) is 19.0 Å². The zero-order valence-electron chi connectivity index (χ0n) is 13.4. The van der Waals surface area contributed by atoms with Gasteiger partial charge in [0.15, 0.2) is 0 Å². The molecule has 0 saturated heterocycles. The maximum atomic E-state index is 3.43. The van der Waals surface area contributed by atoms with E-state index < -0.39 is 0 Å². The molecule has 0 amide bonds. The predicted molar refractivity (Wildman–Crippen MR) is 92.0 cm³/mol. The molecule has 21 heavy (non-hydrogen) atoms. The maximum absolute atomic E-state index is 3.43. The molecule has 1 aliphatic rings. The Labute approximate surface area is 128 Å². The SMILES string of the molecule is CCNCCC(C)CCc1ccc2c3c(cccc13)CC2. The third kappa shape index (κ3) is 3.13. The molecule has 0 bridgehead atoms. The van der Waals surface area contributed by atoms with Crippen molar-refractivity contribution < 1.29 is 0 Å². The average molecular weight is 281 g/mol. The van der Waals surface area contributed by atoms with Gasteiger partial charge in [-0.05, 0) is 78.6 Å². The highest BCUT2D eigenvalue weighted by Gasteiger charge is 2.15. The summed E-state index contributed by atoms with van der Waals surface area (Å²) < 4.78 is 0. The normalized spacial score (nSPS) is 14.8. The molecule has 1 atom stereocenters. The fourth-order valence-corrected chi connectivity index (χ4v) is 3.60. The molecule has 1 unspecified atom stereocenters. The van der Waals surface area contributed by atoms with Crippen molar-refractivity contribution in [3.63, 3.8) is 0 Å². The predicted octanol–water partition coefficient (Wildman–Crippen LogP) is 4.51. The van der Waals surface area contributed by atoms with Crippen molar-refractivity contribution in [2.75, 3.05) is 13.1 Å². The van der Waals surface area contributed by atoms with Crippen molar-refractivity contribution in [3.05, 3.63) is 47.0 Å². The van der Waals surface area contributed by atoms with E-state index in [0.29, 0.717) is 0 Å². The molecule has 2 aromatic carbocycles. The highest BCUT2D eigenvalue weighted by Crippen LogP contribution is 2.33. The molecule has 1 aliphatic carbocycles. The molecule has 0 aromatic heterocycles. The lowest BCUT2D eigenvalue weighted by molar-refractivity contribution is 0.475. The summed E-state index contributed by atoms with van der Waals surface area (Å²) in [5.41, 5.74) is 4.67. The summed E-state index contributed by atoms with van der Waals surface area (Å²) in [6, 6.07) is 11.6. The van der Waals surface area contributed by atoms with Crippen LogP contribution in [0.2, 0.25) is 0 Å². The molecular weight excluding hydrogens is 254 g/mol. The molecule has 0 saturated carbocycles. The van der Waals surface area contributed by atoms with Crippen LogP contribution in [-0.2, 0) is 19.3 Å². The fourth-order valence-electron chi connectivity index (χ4n) is 3.60. The standard InChI is InChI=1S/C20H27N/c1-3-21-14-13-15(2)7-8-16-9-10-18-12-11-17-5-4-6-19(16)20(17)18/h4-6,9-10,15,21H,3,7-8,11-14H2,1-2H3. The van der Waals surface area contributed by atoms with E-state index in [2.05, 4.69) is 49.5 Å². The second-order valence-electron chi connectivity index (χ2n) is 6.51. The largest absolute Gasteiger partial charge is 0.317 e. The zero-order chi connectivity index (χ0) is 14.7. The number of hydrogen-bond acceptors (Lipinski definition) is 1. The molecule has 3 rings (SSSR count). The van der Waals surface area contributed by atoms with Crippen LogP contribution in [0, 0.1) is 5.92 Å². The first-order valence-electron chi connectivity index (χ1n) is 8.52. The molecule has 0 aliphatic heterocycles. The Morgan fingerprint density at radius 1 is 1.05 bits per heavy atom. The average Bonchev–Trinajstić information content (AvgIpc) is 2.92. The van der Waals surface area contributed by atoms with Crippen molar-refractivity contribution >= 4 is 10.8 Å².